The van der Waals surface area contributed by atoms with Gasteiger partial charge in [0.05, 0.1) is 19.4 Å². The molecule has 5 aromatic rings. The van der Waals surface area contributed by atoms with Crippen LogP contribution in [0.1, 0.15) is 16.7 Å². The number of para-hydroxylation sites is 1. The molecule has 0 bridgehead atoms. The van der Waals surface area contributed by atoms with Crippen molar-refractivity contribution in [3.8, 4) is 11.5 Å². The van der Waals surface area contributed by atoms with E-state index in [-0.39, 0.29) is 10.6 Å². The molecule has 2 N–H and O–H groups in total. The summed E-state index contributed by atoms with van der Waals surface area (Å²) in [5, 5.41) is 10.2. The number of sulfonamides is 1. The Hall–Kier alpha value is -4.02. The van der Waals surface area contributed by atoms with E-state index in [2.05, 4.69) is 4.72 Å². The minimum atomic E-state index is -4.19. The SMILES string of the molecule is O=C(O)[C@H](CSC(c1ccccc1)(c1ccccc1)c1ccccc1)NS(=O)(=O)c1ccc2c(c1)Sc1ccccc1O2. The number of benzene rings is 5. The van der Waals surface area contributed by atoms with Crippen molar-refractivity contribution in [2.24, 2.45) is 0 Å². The number of aliphatic carboxylic acids is 1. The van der Waals surface area contributed by atoms with Gasteiger partial charge >= 0.3 is 5.97 Å². The largest absolute Gasteiger partial charge is 0.480 e. The van der Waals surface area contributed by atoms with Crippen molar-refractivity contribution >= 4 is 39.5 Å². The Morgan fingerprint density at radius 2 is 1.26 bits per heavy atom. The van der Waals surface area contributed by atoms with E-state index >= 15 is 0 Å². The van der Waals surface area contributed by atoms with E-state index in [0.717, 1.165) is 21.6 Å². The lowest BCUT2D eigenvalue weighted by atomic mass is 9.84. The number of carbonyl (C=O) groups is 1. The molecule has 0 unspecified atom stereocenters. The summed E-state index contributed by atoms with van der Waals surface area (Å²) in [5.74, 6) is -0.0470. The Labute approximate surface area is 259 Å². The van der Waals surface area contributed by atoms with Crippen molar-refractivity contribution in [3.63, 3.8) is 0 Å². The van der Waals surface area contributed by atoms with Gasteiger partial charge in [-0.2, -0.15) is 4.72 Å². The van der Waals surface area contributed by atoms with Crippen molar-refractivity contribution in [1.29, 1.82) is 0 Å². The maximum atomic E-state index is 13.6. The number of hydrogen-bond acceptors (Lipinski definition) is 6. The summed E-state index contributed by atoms with van der Waals surface area (Å²) in [7, 11) is -4.19. The molecule has 216 valence electrons. The van der Waals surface area contributed by atoms with Crippen LogP contribution in [0.2, 0.25) is 0 Å². The minimum absolute atomic E-state index is 0.0292. The maximum absolute atomic E-state index is 13.6. The molecule has 0 aromatic heterocycles. The number of carboxylic acids is 1. The normalized spacial score (nSPS) is 13.3. The van der Waals surface area contributed by atoms with Gasteiger partial charge in [0, 0.05) is 5.75 Å². The zero-order valence-electron chi connectivity index (χ0n) is 22.8. The number of thioether (sulfide) groups is 1. The van der Waals surface area contributed by atoms with Crippen LogP contribution in [0.4, 0.5) is 0 Å². The van der Waals surface area contributed by atoms with Crippen LogP contribution in [-0.4, -0.2) is 31.3 Å². The molecule has 5 aromatic carbocycles. The lowest BCUT2D eigenvalue weighted by molar-refractivity contribution is -0.138. The van der Waals surface area contributed by atoms with Crippen LogP contribution >= 0.6 is 23.5 Å². The Balaban J connectivity index is 1.32. The van der Waals surface area contributed by atoms with Gasteiger partial charge in [-0.05, 0) is 47.0 Å². The molecule has 6 nitrogen and oxygen atoms in total. The molecule has 0 amide bonds. The summed E-state index contributed by atoms with van der Waals surface area (Å²) in [5.41, 5.74) is 2.86. The predicted octanol–water partition coefficient (Wildman–Crippen LogP) is 7.40. The fourth-order valence-electron chi connectivity index (χ4n) is 5.06. The van der Waals surface area contributed by atoms with E-state index in [4.69, 9.17) is 4.74 Å². The van der Waals surface area contributed by atoms with E-state index in [1.54, 1.807) is 6.07 Å². The molecule has 43 heavy (non-hydrogen) atoms. The second kappa shape index (κ2) is 12.3. The van der Waals surface area contributed by atoms with E-state index < -0.39 is 26.8 Å². The zero-order chi connectivity index (χ0) is 29.9. The van der Waals surface area contributed by atoms with E-state index in [0.29, 0.717) is 16.4 Å². The highest BCUT2D eigenvalue weighted by Crippen LogP contribution is 2.49. The van der Waals surface area contributed by atoms with E-state index in [1.807, 2.05) is 115 Å². The van der Waals surface area contributed by atoms with Crippen molar-refractivity contribution < 1.29 is 23.1 Å². The van der Waals surface area contributed by atoms with Crippen LogP contribution in [-0.2, 0) is 19.6 Å². The number of nitrogens with one attached hydrogen (secondary N) is 1. The molecule has 0 spiro atoms. The third kappa shape index (κ3) is 5.94. The summed E-state index contributed by atoms with van der Waals surface area (Å²) >= 11 is 2.79. The first-order valence-corrected chi connectivity index (χ1v) is 16.8. The average molecular weight is 626 g/mol. The molecule has 1 atom stereocenters. The van der Waals surface area contributed by atoms with Crippen LogP contribution in [0.25, 0.3) is 0 Å². The lowest BCUT2D eigenvalue weighted by Crippen LogP contribution is -2.43. The Morgan fingerprint density at radius 1 is 0.744 bits per heavy atom. The quantitative estimate of drug-likeness (QED) is 0.153. The van der Waals surface area contributed by atoms with Gasteiger partial charge in [0.25, 0.3) is 0 Å². The highest BCUT2D eigenvalue weighted by Gasteiger charge is 2.39. The smallest absolute Gasteiger partial charge is 0.322 e. The van der Waals surface area contributed by atoms with Gasteiger partial charge in [-0.25, -0.2) is 8.42 Å². The van der Waals surface area contributed by atoms with Gasteiger partial charge in [-0.3, -0.25) is 4.79 Å². The average Bonchev–Trinajstić information content (AvgIpc) is 3.04. The first kappa shape index (κ1) is 29.1. The zero-order valence-corrected chi connectivity index (χ0v) is 25.2. The third-order valence-corrected chi connectivity index (χ3v) is 11.3. The summed E-state index contributed by atoms with van der Waals surface area (Å²) in [6.45, 7) is 0. The van der Waals surface area contributed by atoms with Crippen LogP contribution in [0.15, 0.2) is 148 Å². The third-order valence-electron chi connectivity index (χ3n) is 7.12. The van der Waals surface area contributed by atoms with Gasteiger partial charge in [0.15, 0.2) is 0 Å². The number of rotatable bonds is 10. The Morgan fingerprint density at radius 3 is 1.81 bits per heavy atom. The molecular formula is C34H27NO5S3. The highest BCUT2D eigenvalue weighted by molar-refractivity contribution is 8.00. The summed E-state index contributed by atoms with van der Waals surface area (Å²) in [6, 6.07) is 40.2. The first-order valence-electron chi connectivity index (χ1n) is 13.5. The van der Waals surface area contributed by atoms with Crippen LogP contribution < -0.4 is 9.46 Å². The Kier molecular flexibility index (Phi) is 8.32. The van der Waals surface area contributed by atoms with Crippen molar-refractivity contribution in [2.45, 2.75) is 25.5 Å². The lowest BCUT2D eigenvalue weighted by Gasteiger charge is -2.36. The van der Waals surface area contributed by atoms with Gasteiger partial charge in [-0.15, -0.1) is 11.8 Å². The topological polar surface area (TPSA) is 92.7 Å². The fraction of sp³-hybridized carbons (Fsp3) is 0.0882. The van der Waals surface area contributed by atoms with Gasteiger partial charge in [0.1, 0.15) is 17.5 Å². The van der Waals surface area contributed by atoms with Gasteiger partial charge < -0.3 is 9.84 Å². The molecule has 1 heterocycles. The van der Waals surface area contributed by atoms with Crippen molar-refractivity contribution in [1.82, 2.24) is 4.72 Å². The molecule has 0 aliphatic carbocycles. The molecule has 0 saturated heterocycles. The van der Waals surface area contributed by atoms with Crippen molar-refractivity contribution in [3.05, 3.63) is 150 Å². The first-order chi connectivity index (χ1) is 20.9. The molecular weight excluding hydrogens is 599 g/mol. The van der Waals surface area contributed by atoms with Crippen LogP contribution in [0.5, 0.6) is 11.5 Å². The fourth-order valence-corrected chi connectivity index (χ4v) is 9.00. The number of hydrogen-bond donors (Lipinski definition) is 2. The Bertz CT molecular complexity index is 1750. The summed E-state index contributed by atoms with van der Waals surface area (Å²) in [4.78, 5) is 14.0. The maximum Gasteiger partial charge on any atom is 0.322 e. The molecule has 1 aliphatic rings. The molecule has 0 saturated carbocycles. The molecule has 1 aliphatic heterocycles. The highest BCUT2D eigenvalue weighted by atomic mass is 32.2. The van der Waals surface area contributed by atoms with Crippen LogP contribution in [0, 0.1) is 0 Å². The minimum Gasteiger partial charge on any atom is -0.480 e. The van der Waals surface area contributed by atoms with Gasteiger partial charge in [-0.1, -0.05) is 115 Å². The summed E-state index contributed by atoms with van der Waals surface area (Å²) in [6.07, 6.45) is 0. The van der Waals surface area contributed by atoms with Gasteiger partial charge in [0.2, 0.25) is 10.0 Å². The second-order valence-electron chi connectivity index (χ2n) is 9.86. The monoisotopic (exact) mass is 625 g/mol. The van der Waals surface area contributed by atoms with E-state index in [1.165, 1.54) is 35.7 Å². The van der Waals surface area contributed by atoms with Crippen molar-refractivity contribution in [2.75, 3.05) is 5.75 Å². The number of carboxylic acid groups (broad SMARTS) is 1. The standard InChI is InChI=1S/C34H27NO5S3/c36-33(37)28(35-43(38,39)27-20-21-30-32(22-27)42-31-19-11-10-18-29(31)40-30)23-41-34(24-12-4-1-5-13-24,25-14-6-2-7-15-25)26-16-8-3-9-17-26/h1-22,28,35H,23H2,(H,36,37)/t28-/m0/s1. The second-order valence-corrected chi connectivity index (χ2v) is 13.9. The molecule has 0 radical (unpaired) electrons. The molecule has 0 fully saturated rings. The van der Waals surface area contributed by atoms with E-state index in [9.17, 15) is 18.3 Å². The number of fused-ring (bicyclic) bond motifs is 2. The molecule has 6 rings (SSSR count). The number of ether oxygens (including phenoxy) is 1. The predicted molar refractivity (Wildman–Crippen MR) is 170 cm³/mol. The summed E-state index contributed by atoms with van der Waals surface area (Å²) < 4.78 is 34.8. The van der Waals surface area contributed by atoms with Crippen LogP contribution in [0.3, 0.4) is 0 Å². The molecule has 9 heteroatoms.